The Morgan fingerprint density at radius 3 is 2.08 bits per heavy atom. The summed E-state index contributed by atoms with van der Waals surface area (Å²) in [4.78, 5) is 22.5. The summed E-state index contributed by atoms with van der Waals surface area (Å²) in [7, 11) is 0. The van der Waals surface area contributed by atoms with Gasteiger partial charge in [-0.3, -0.25) is 9.59 Å². The molecule has 0 unspecified atom stereocenters. The van der Waals surface area contributed by atoms with Crippen LogP contribution in [0.1, 0.15) is 0 Å². The van der Waals surface area contributed by atoms with Gasteiger partial charge in [0.05, 0.1) is 12.5 Å². The van der Waals surface area contributed by atoms with Gasteiger partial charge >= 0.3 is 0 Å². The number of Topliss-reactive ketones (excluding diaryl/α,β-unsaturated/α-hetero) is 2. The van der Waals surface area contributed by atoms with Crippen molar-refractivity contribution in [3.05, 3.63) is 17.6 Å². The van der Waals surface area contributed by atoms with Crippen molar-refractivity contribution < 1.29 is 9.59 Å². The number of hydrogen-bond donors (Lipinski definition) is 0. The van der Waals surface area contributed by atoms with Crippen molar-refractivity contribution in [1.29, 1.82) is 0 Å². The van der Waals surface area contributed by atoms with Gasteiger partial charge in [-0.25, -0.2) is 0 Å². The molecule has 0 heterocycles. The smallest absolute Gasteiger partial charge is 0.213 e. The van der Waals surface area contributed by atoms with Gasteiger partial charge in [-0.15, -0.1) is 0 Å². The highest BCUT2D eigenvalue weighted by Gasteiger charge is 2.29. The summed E-state index contributed by atoms with van der Waals surface area (Å²) in [6.07, 6.45) is 0. The fourth-order valence-corrected chi connectivity index (χ4v) is 2.47. The van der Waals surface area contributed by atoms with Crippen molar-refractivity contribution >= 4 is 77.6 Å². The lowest BCUT2D eigenvalue weighted by atomic mass is 10.2. The van der Waals surface area contributed by atoms with Gasteiger partial charge in [-0.2, -0.15) is 0 Å². The molecule has 0 bridgehead atoms. The highest BCUT2D eigenvalue weighted by Crippen LogP contribution is 2.35. The molecule has 1 aliphatic carbocycles. The highest BCUT2D eigenvalue weighted by molar-refractivity contribution is 14.1. The van der Waals surface area contributed by atoms with Crippen LogP contribution in [0, 0.1) is 0 Å². The van der Waals surface area contributed by atoms with E-state index in [1.165, 1.54) is 0 Å². The van der Waals surface area contributed by atoms with E-state index in [4.69, 9.17) is 11.6 Å². The molecule has 0 fully saturated rings. The van der Waals surface area contributed by atoms with Crippen LogP contribution in [0.4, 0.5) is 0 Å². The van der Waals surface area contributed by atoms with E-state index in [2.05, 4.69) is 31.9 Å². The van der Waals surface area contributed by atoms with Gasteiger partial charge in [0.15, 0.2) is 0 Å². The largest absolute Gasteiger partial charge is 0.287 e. The lowest BCUT2D eigenvalue weighted by Crippen LogP contribution is -2.13. The van der Waals surface area contributed by atoms with E-state index in [-0.39, 0.29) is 25.6 Å². The van der Waals surface area contributed by atoms with Gasteiger partial charge in [-0.05, 0) is 54.5 Å². The molecule has 2 nitrogen and oxygen atoms in total. The second-order valence-corrected chi connectivity index (χ2v) is 4.96. The molecule has 0 spiro atoms. The molecule has 0 aromatic carbocycles. The monoisotopic (exact) mass is 424 g/mol. The standard InChI is InChI=1S/C6Br2ClIO2/c7-1-3(9)6(12)4(10)2(8)5(1)11. The topological polar surface area (TPSA) is 34.1 Å². The predicted octanol–water partition coefficient (Wildman–Crippen LogP) is 3.03. The lowest BCUT2D eigenvalue weighted by Gasteiger charge is -2.09. The summed E-state index contributed by atoms with van der Waals surface area (Å²) in [6, 6.07) is 0. The summed E-state index contributed by atoms with van der Waals surface area (Å²) in [5, 5.41) is -0.0624. The van der Waals surface area contributed by atoms with Crippen LogP contribution >= 0.6 is 66.1 Å². The quantitative estimate of drug-likeness (QED) is 0.441. The first-order valence-electron chi connectivity index (χ1n) is 2.66. The van der Waals surface area contributed by atoms with E-state index in [0.29, 0.717) is 3.58 Å². The fourth-order valence-electron chi connectivity index (χ4n) is 0.591. The Labute approximate surface area is 104 Å². The average Bonchev–Trinajstić information content (AvgIpc) is 2.08. The predicted molar refractivity (Wildman–Crippen MR) is 61.8 cm³/mol. The van der Waals surface area contributed by atoms with Crippen LogP contribution in [-0.2, 0) is 9.59 Å². The van der Waals surface area contributed by atoms with Crippen molar-refractivity contribution in [3.63, 3.8) is 0 Å². The number of allylic oxidation sites excluding steroid dienone is 4. The van der Waals surface area contributed by atoms with Crippen LogP contribution in [0.2, 0.25) is 0 Å². The van der Waals surface area contributed by atoms with Crippen LogP contribution in [0.15, 0.2) is 17.6 Å². The fraction of sp³-hybridized carbons (Fsp3) is 0. The van der Waals surface area contributed by atoms with Crippen molar-refractivity contribution in [1.82, 2.24) is 0 Å². The van der Waals surface area contributed by atoms with Crippen LogP contribution in [-0.4, -0.2) is 11.6 Å². The van der Waals surface area contributed by atoms with Crippen molar-refractivity contribution in [2.45, 2.75) is 0 Å². The number of carbonyl (C=O) groups is 2. The molecule has 1 rings (SSSR count). The van der Waals surface area contributed by atoms with Gasteiger partial charge in [0.1, 0.15) is 5.03 Å². The van der Waals surface area contributed by atoms with Crippen molar-refractivity contribution in [2.24, 2.45) is 0 Å². The molecule has 0 aromatic heterocycles. The summed E-state index contributed by atoms with van der Waals surface area (Å²) in [5.74, 6) is -0.639. The van der Waals surface area contributed by atoms with Gasteiger partial charge < -0.3 is 0 Å². The first-order valence-corrected chi connectivity index (χ1v) is 5.71. The molecule has 0 aliphatic heterocycles. The number of rotatable bonds is 0. The molecule has 0 atom stereocenters. The van der Waals surface area contributed by atoms with E-state index in [1.807, 2.05) is 0 Å². The van der Waals surface area contributed by atoms with E-state index < -0.39 is 0 Å². The summed E-state index contributed by atoms with van der Waals surface area (Å²) >= 11 is 13.3. The summed E-state index contributed by atoms with van der Waals surface area (Å²) in [6.45, 7) is 0. The Hall–Kier alpha value is 0.800. The second kappa shape index (κ2) is 3.89. The first-order chi connectivity index (χ1) is 5.46. The summed E-state index contributed by atoms with van der Waals surface area (Å²) < 4.78 is 0.677. The number of halogens is 4. The molecule has 0 saturated heterocycles. The molecule has 0 saturated carbocycles. The third-order valence-corrected chi connectivity index (χ3v) is 5.06. The zero-order valence-corrected chi connectivity index (χ0v) is 11.4. The lowest BCUT2D eigenvalue weighted by molar-refractivity contribution is -0.114. The van der Waals surface area contributed by atoms with Gasteiger partial charge in [0.25, 0.3) is 0 Å². The molecule has 0 radical (unpaired) electrons. The van der Waals surface area contributed by atoms with Crippen LogP contribution in [0.3, 0.4) is 0 Å². The maximum atomic E-state index is 11.2. The Balaban J connectivity index is 3.32. The zero-order chi connectivity index (χ0) is 9.46. The second-order valence-electron chi connectivity index (χ2n) is 1.91. The molecule has 0 N–H and O–H groups in total. The molecule has 12 heavy (non-hydrogen) atoms. The third-order valence-electron chi connectivity index (χ3n) is 1.18. The molecular weight excluding hydrogens is 426 g/mol. The Morgan fingerprint density at radius 2 is 1.58 bits per heavy atom. The molecule has 0 amide bonds. The maximum absolute atomic E-state index is 11.2. The minimum absolute atomic E-state index is 0.0624. The van der Waals surface area contributed by atoms with Gasteiger partial charge in [0.2, 0.25) is 11.6 Å². The van der Waals surface area contributed by atoms with Crippen LogP contribution in [0.5, 0.6) is 0 Å². The molecule has 1 aliphatic rings. The SMILES string of the molecule is O=C1C(Br)=C(Cl)C(=O)C(I)=C1Br. The number of ketones is 2. The molecule has 0 aromatic rings. The molecular formula is C6Br2ClIO2. The maximum Gasteiger partial charge on any atom is 0.213 e. The molecule has 64 valence electrons. The van der Waals surface area contributed by atoms with Gasteiger partial charge in [0, 0.05) is 0 Å². The van der Waals surface area contributed by atoms with Crippen molar-refractivity contribution in [2.75, 3.05) is 0 Å². The van der Waals surface area contributed by atoms with E-state index >= 15 is 0 Å². The Kier molecular flexibility index (Phi) is 3.53. The van der Waals surface area contributed by atoms with E-state index in [0.717, 1.165) is 0 Å². The third kappa shape index (κ3) is 1.69. The van der Waals surface area contributed by atoms with Crippen LogP contribution in [0.25, 0.3) is 0 Å². The first kappa shape index (κ1) is 10.9. The normalized spacial score (nSPS) is 19.3. The minimum Gasteiger partial charge on any atom is -0.287 e. The number of carbonyl (C=O) groups excluding carboxylic acids is 2. The summed E-state index contributed by atoms with van der Waals surface area (Å²) in [5.41, 5.74) is 0. The molecule has 6 heteroatoms. The van der Waals surface area contributed by atoms with Crippen LogP contribution < -0.4 is 0 Å². The van der Waals surface area contributed by atoms with E-state index in [1.54, 1.807) is 22.6 Å². The highest BCUT2D eigenvalue weighted by atomic mass is 127. The number of hydrogen-bond acceptors (Lipinski definition) is 2. The Bertz CT molecular complexity index is 283. The van der Waals surface area contributed by atoms with Gasteiger partial charge in [-0.1, -0.05) is 11.6 Å². The zero-order valence-electron chi connectivity index (χ0n) is 5.33. The van der Waals surface area contributed by atoms with Crippen molar-refractivity contribution in [3.8, 4) is 0 Å². The Morgan fingerprint density at radius 1 is 1.08 bits per heavy atom. The van der Waals surface area contributed by atoms with E-state index in [9.17, 15) is 9.59 Å². The average molecular weight is 426 g/mol. The minimum atomic E-state index is -0.337.